The first-order valence-electron chi connectivity index (χ1n) is 8.50. The van der Waals surface area contributed by atoms with Crippen molar-refractivity contribution in [2.24, 2.45) is 14.1 Å². The van der Waals surface area contributed by atoms with E-state index >= 15 is 0 Å². The molecule has 1 unspecified atom stereocenters. The van der Waals surface area contributed by atoms with Gasteiger partial charge in [-0.05, 0) is 24.6 Å². The van der Waals surface area contributed by atoms with Crippen LogP contribution in [0.15, 0.2) is 53.8 Å². The molecule has 2 aromatic heterocycles. The molecule has 0 spiro atoms. The van der Waals surface area contributed by atoms with Gasteiger partial charge in [-0.2, -0.15) is 0 Å². The van der Waals surface area contributed by atoms with Crippen LogP contribution < -0.4 is 5.32 Å². The number of rotatable bonds is 7. The Labute approximate surface area is 157 Å². The van der Waals surface area contributed by atoms with Gasteiger partial charge in [-0.1, -0.05) is 42.1 Å². The average Bonchev–Trinajstić information content (AvgIpc) is 3.20. The van der Waals surface area contributed by atoms with Crippen LogP contribution in [0.5, 0.6) is 0 Å². The second-order valence-electron chi connectivity index (χ2n) is 6.23. The fraction of sp³-hybridized carbons (Fsp3) is 0.316. The highest BCUT2D eigenvalue weighted by atomic mass is 32.2. The van der Waals surface area contributed by atoms with E-state index < -0.39 is 0 Å². The zero-order valence-electron chi connectivity index (χ0n) is 15.2. The lowest BCUT2D eigenvalue weighted by Gasteiger charge is -2.14. The van der Waals surface area contributed by atoms with Gasteiger partial charge in [-0.3, -0.25) is 4.79 Å². The molecule has 0 fully saturated rings. The van der Waals surface area contributed by atoms with Crippen molar-refractivity contribution in [3.8, 4) is 0 Å². The van der Waals surface area contributed by atoms with E-state index in [9.17, 15) is 4.79 Å². The third-order valence-electron chi connectivity index (χ3n) is 4.33. The van der Waals surface area contributed by atoms with Crippen LogP contribution in [0.25, 0.3) is 0 Å². The third-order valence-corrected chi connectivity index (χ3v) is 5.35. The van der Waals surface area contributed by atoms with E-state index in [1.807, 2.05) is 68.2 Å². The first-order chi connectivity index (χ1) is 12.5. The van der Waals surface area contributed by atoms with Crippen LogP contribution in [-0.4, -0.2) is 31.0 Å². The van der Waals surface area contributed by atoms with E-state index in [1.165, 1.54) is 17.5 Å². The minimum atomic E-state index is -0.0169. The maximum atomic E-state index is 12.2. The Kier molecular flexibility index (Phi) is 5.78. The van der Waals surface area contributed by atoms with Gasteiger partial charge in [0.2, 0.25) is 5.91 Å². The highest BCUT2D eigenvalue weighted by Gasteiger charge is 2.14. The zero-order valence-corrected chi connectivity index (χ0v) is 16.0. The number of hydrogen-bond acceptors (Lipinski definition) is 4. The molecule has 1 atom stereocenters. The molecule has 7 heteroatoms. The lowest BCUT2D eigenvalue weighted by molar-refractivity contribution is -0.119. The monoisotopic (exact) mass is 369 g/mol. The van der Waals surface area contributed by atoms with Crippen molar-refractivity contribution in [2.75, 3.05) is 5.75 Å². The minimum Gasteiger partial charge on any atom is -0.354 e. The van der Waals surface area contributed by atoms with Gasteiger partial charge in [-0.25, -0.2) is 0 Å². The van der Waals surface area contributed by atoms with Crippen LogP contribution in [0, 0.1) is 0 Å². The Morgan fingerprint density at radius 2 is 1.92 bits per heavy atom. The summed E-state index contributed by atoms with van der Waals surface area (Å²) in [7, 11) is 3.95. The number of aryl methyl sites for hydroxylation is 1. The van der Waals surface area contributed by atoms with Gasteiger partial charge in [0.05, 0.1) is 11.8 Å². The molecule has 0 aliphatic carbocycles. The summed E-state index contributed by atoms with van der Waals surface area (Å²) in [5.41, 5.74) is 2.26. The Bertz CT molecular complexity index is 871. The van der Waals surface area contributed by atoms with Crippen LogP contribution in [0.3, 0.4) is 0 Å². The molecule has 0 aliphatic rings. The topological polar surface area (TPSA) is 64.7 Å². The largest absolute Gasteiger partial charge is 0.354 e. The number of aromatic nitrogens is 4. The summed E-state index contributed by atoms with van der Waals surface area (Å²) in [4.78, 5) is 12.2. The molecule has 2 heterocycles. The van der Waals surface area contributed by atoms with Gasteiger partial charge in [0, 0.05) is 32.4 Å². The fourth-order valence-corrected chi connectivity index (χ4v) is 3.45. The van der Waals surface area contributed by atoms with Crippen LogP contribution >= 0.6 is 11.8 Å². The molecule has 3 rings (SSSR count). The molecule has 1 amide bonds. The molecule has 0 radical (unpaired) electrons. The van der Waals surface area contributed by atoms with E-state index in [4.69, 9.17) is 0 Å². The lowest BCUT2D eigenvalue weighted by Crippen LogP contribution is -2.28. The van der Waals surface area contributed by atoms with Crippen molar-refractivity contribution >= 4 is 17.7 Å². The third kappa shape index (κ3) is 4.35. The van der Waals surface area contributed by atoms with Gasteiger partial charge < -0.3 is 14.5 Å². The highest BCUT2D eigenvalue weighted by molar-refractivity contribution is 7.99. The van der Waals surface area contributed by atoms with E-state index in [0.717, 1.165) is 16.5 Å². The SMILES string of the molecule is CC(NC(=O)CSc1nnc(Cc2cccn2C)n1C)c1ccccc1. The number of thioether (sulfide) groups is 1. The first kappa shape index (κ1) is 18.3. The highest BCUT2D eigenvalue weighted by Crippen LogP contribution is 2.18. The second-order valence-corrected chi connectivity index (χ2v) is 7.18. The maximum Gasteiger partial charge on any atom is 0.230 e. The Morgan fingerprint density at radius 3 is 2.62 bits per heavy atom. The summed E-state index contributed by atoms with van der Waals surface area (Å²) >= 11 is 1.40. The van der Waals surface area contributed by atoms with Gasteiger partial charge in [0.25, 0.3) is 0 Å². The number of nitrogens with one attached hydrogen (secondary N) is 1. The van der Waals surface area contributed by atoms with Crippen molar-refractivity contribution in [3.63, 3.8) is 0 Å². The number of carbonyl (C=O) groups excluding carboxylic acids is 1. The quantitative estimate of drug-likeness (QED) is 0.651. The Hall–Kier alpha value is -2.54. The molecular formula is C19H23N5OS. The molecule has 0 saturated heterocycles. The van der Waals surface area contributed by atoms with Crippen molar-refractivity contribution in [1.29, 1.82) is 0 Å². The van der Waals surface area contributed by atoms with E-state index in [-0.39, 0.29) is 11.9 Å². The summed E-state index contributed by atoms with van der Waals surface area (Å²) in [5, 5.41) is 12.3. The minimum absolute atomic E-state index is 0.0154. The maximum absolute atomic E-state index is 12.2. The zero-order chi connectivity index (χ0) is 18.5. The van der Waals surface area contributed by atoms with Gasteiger partial charge in [0.15, 0.2) is 5.16 Å². The number of hydrogen-bond donors (Lipinski definition) is 1. The molecule has 136 valence electrons. The summed E-state index contributed by atoms with van der Waals surface area (Å²) in [6.45, 7) is 1.98. The van der Waals surface area contributed by atoms with Crippen molar-refractivity contribution in [3.05, 3.63) is 65.7 Å². The summed E-state index contributed by atoms with van der Waals surface area (Å²) in [6.07, 6.45) is 2.73. The van der Waals surface area contributed by atoms with Crippen LogP contribution in [0.2, 0.25) is 0 Å². The van der Waals surface area contributed by atoms with Crippen LogP contribution in [-0.2, 0) is 25.3 Å². The predicted octanol–water partition coefficient (Wildman–Crippen LogP) is 2.71. The molecule has 26 heavy (non-hydrogen) atoms. The average molecular weight is 369 g/mol. The molecule has 1 aromatic carbocycles. The van der Waals surface area contributed by atoms with E-state index in [1.54, 1.807) is 0 Å². The summed E-state index contributed by atoms with van der Waals surface area (Å²) in [6, 6.07) is 14.0. The van der Waals surface area contributed by atoms with Crippen LogP contribution in [0.1, 0.15) is 30.0 Å². The second kappa shape index (κ2) is 8.23. The predicted molar refractivity (Wildman–Crippen MR) is 103 cm³/mol. The van der Waals surface area contributed by atoms with Crippen molar-refractivity contribution in [2.45, 2.75) is 24.5 Å². The molecule has 0 saturated carbocycles. The smallest absolute Gasteiger partial charge is 0.230 e. The van der Waals surface area contributed by atoms with Crippen molar-refractivity contribution < 1.29 is 4.79 Å². The number of amides is 1. The standard InChI is InChI=1S/C19H23N5OS/c1-14(15-8-5-4-6-9-15)20-18(25)13-26-19-22-21-17(24(19)3)12-16-10-7-11-23(16)2/h4-11,14H,12-13H2,1-3H3,(H,20,25). The number of nitrogens with zero attached hydrogens (tertiary/aromatic N) is 4. The molecule has 0 aliphatic heterocycles. The summed E-state index contributed by atoms with van der Waals surface area (Å²) < 4.78 is 4.02. The van der Waals surface area contributed by atoms with Gasteiger partial charge in [0.1, 0.15) is 5.82 Å². The van der Waals surface area contributed by atoms with Gasteiger partial charge >= 0.3 is 0 Å². The Morgan fingerprint density at radius 1 is 1.15 bits per heavy atom. The summed E-state index contributed by atoms with van der Waals surface area (Å²) in [5.74, 6) is 1.18. The van der Waals surface area contributed by atoms with Crippen LogP contribution in [0.4, 0.5) is 0 Å². The normalized spacial score (nSPS) is 12.1. The van der Waals surface area contributed by atoms with E-state index in [2.05, 4.69) is 26.1 Å². The molecule has 6 nitrogen and oxygen atoms in total. The molecule has 1 N–H and O–H groups in total. The number of benzene rings is 1. The van der Waals surface area contributed by atoms with Crippen molar-refractivity contribution in [1.82, 2.24) is 24.6 Å². The van der Waals surface area contributed by atoms with E-state index in [0.29, 0.717) is 12.2 Å². The first-order valence-corrected chi connectivity index (χ1v) is 9.48. The fourth-order valence-electron chi connectivity index (χ4n) is 2.71. The van der Waals surface area contributed by atoms with Gasteiger partial charge in [-0.15, -0.1) is 10.2 Å². The Balaban J connectivity index is 1.55. The molecule has 3 aromatic rings. The molecular weight excluding hydrogens is 346 g/mol. The molecule has 0 bridgehead atoms. The lowest BCUT2D eigenvalue weighted by atomic mass is 10.1. The number of carbonyl (C=O) groups is 1.